The molecule has 1 heterocycles. The van der Waals surface area contributed by atoms with Crippen molar-refractivity contribution in [2.75, 3.05) is 30.3 Å². The Bertz CT molecular complexity index is 705. The summed E-state index contributed by atoms with van der Waals surface area (Å²) in [6.45, 7) is 6.83. The number of nitrogens with one attached hydrogen (secondary N) is 1. The number of anilines is 1. The molecule has 0 radical (unpaired) electrons. The Morgan fingerprint density at radius 2 is 2.16 bits per heavy atom. The van der Waals surface area contributed by atoms with E-state index in [-0.39, 0.29) is 16.9 Å². The standard InChI is InChI=1S/C17H26N2O4S2/c1-13(2)23-10-4-8-18-25(21,22)15-6-7-17-16(12-15)19(14(3)20)9-5-11-24-17/h6-7,12-13,18H,4-5,8-11H2,1-3H3. The molecule has 8 heteroatoms. The second-order valence-corrected chi connectivity index (χ2v) is 9.08. The molecule has 0 fully saturated rings. The van der Waals surface area contributed by atoms with Gasteiger partial charge >= 0.3 is 0 Å². The van der Waals surface area contributed by atoms with Crippen LogP contribution in [0.2, 0.25) is 0 Å². The first-order chi connectivity index (χ1) is 11.8. The zero-order chi connectivity index (χ0) is 18.4. The van der Waals surface area contributed by atoms with E-state index < -0.39 is 10.0 Å². The maximum absolute atomic E-state index is 12.5. The molecule has 0 bridgehead atoms. The number of benzene rings is 1. The van der Waals surface area contributed by atoms with Gasteiger partial charge in [-0.1, -0.05) is 0 Å². The highest BCUT2D eigenvalue weighted by Crippen LogP contribution is 2.35. The van der Waals surface area contributed by atoms with Crippen LogP contribution in [0.4, 0.5) is 5.69 Å². The monoisotopic (exact) mass is 386 g/mol. The van der Waals surface area contributed by atoms with Crippen molar-refractivity contribution in [1.29, 1.82) is 0 Å². The van der Waals surface area contributed by atoms with Gasteiger partial charge in [-0.15, -0.1) is 11.8 Å². The number of carbonyl (C=O) groups is 1. The van der Waals surface area contributed by atoms with Crippen molar-refractivity contribution in [3.8, 4) is 0 Å². The fourth-order valence-corrected chi connectivity index (χ4v) is 4.60. The van der Waals surface area contributed by atoms with Crippen LogP contribution >= 0.6 is 11.8 Å². The number of fused-ring (bicyclic) bond motifs is 1. The number of carbonyl (C=O) groups excluding carboxylic acids is 1. The van der Waals surface area contributed by atoms with Gasteiger partial charge in [0.2, 0.25) is 15.9 Å². The molecule has 1 aliphatic heterocycles. The van der Waals surface area contributed by atoms with Crippen molar-refractivity contribution < 1.29 is 17.9 Å². The zero-order valence-corrected chi connectivity index (χ0v) is 16.6. The fourth-order valence-electron chi connectivity index (χ4n) is 2.53. The van der Waals surface area contributed by atoms with Gasteiger partial charge in [0.15, 0.2) is 0 Å². The molecule has 0 aliphatic carbocycles. The third-order valence-corrected chi connectivity index (χ3v) is 6.37. The summed E-state index contributed by atoms with van der Waals surface area (Å²) in [6.07, 6.45) is 1.63. The van der Waals surface area contributed by atoms with Gasteiger partial charge in [0.05, 0.1) is 16.7 Å². The molecule has 0 unspecified atom stereocenters. The second-order valence-electron chi connectivity index (χ2n) is 6.17. The lowest BCUT2D eigenvalue weighted by atomic mass is 10.2. The first-order valence-corrected chi connectivity index (χ1v) is 10.9. The minimum absolute atomic E-state index is 0.0721. The summed E-state index contributed by atoms with van der Waals surface area (Å²) < 4.78 is 33.0. The second kappa shape index (κ2) is 9.02. The Morgan fingerprint density at radius 3 is 2.84 bits per heavy atom. The van der Waals surface area contributed by atoms with Gasteiger partial charge < -0.3 is 9.64 Å². The fraction of sp³-hybridized carbons (Fsp3) is 0.588. The lowest BCUT2D eigenvalue weighted by Gasteiger charge is -2.21. The molecule has 0 saturated carbocycles. The Balaban J connectivity index is 2.12. The highest BCUT2D eigenvalue weighted by Gasteiger charge is 2.22. The lowest BCUT2D eigenvalue weighted by molar-refractivity contribution is -0.116. The highest BCUT2D eigenvalue weighted by atomic mass is 32.2. The van der Waals surface area contributed by atoms with Crippen molar-refractivity contribution >= 4 is 33.4 Å². The largest absolute Gasteiger partial charge is 0.379 e. The van der Waals surface area contributed by atoms with E-state index in [1.807, 2.05) is 13.8 Å². The van der Waals surface area contributed by atoms with Crippen molar-refractivity contribution in [2.45, 2.75) is 49.5 Å². The SMILES string of the molecule is CC(=O)N1CCCSc2ccc(S(=O)(=O)NCCCOC(C)C)cc21. The summed E-state index contributed by atoms with van der Waals surface area (Å²) in [4.78, 5) is 14.7. The summed E-state index contributed by atoms with van der Waals surface area (Å²) in [7, 11) is -3.61. The first-order valence-electron chi connectivity index (χ1n) is 8.47. The van der Waals surface area contributed by atoms with Gasteiger partial charge in [-0.25, -0.2) is 13.1 Å². The van der Waals surface area contributed by atoms with E-state index in [9.17, 15) is 13.2 Å². The summed E-state index contributed by atoms with van der Waals surface area (Å²) in [5, 5.41) is 0. The molecule has 1 aliphatic rings. The molecule has 0 aromatic heterocycles. The summed E-state index contributed by atoms with van der Waals surface area (Å²) >= 11 is 1.65. The van der Waals surface area contributed by atoms with Gasteiger partial charge in [0.1, 0.15) is 0 Å². The Morgan fingerprint density at radius 1 is 1.40 bits per heavy atom. The van der Waals surface area contributed by atoms with Crippen molar-refractivity contribution in [3.05, 3.63) is 18.2 Å². The molecule has 2 rings (SSSR count). The first kappa shape index (κ1) is 20.2. The van der Waals surface area contributed by atoms with Crippen LogP contribution in [0.3, 0.4) is 0 Å². The quantitative estimate of drug-likeness (QED) is 0.729. The number of amides is 1. The minimum atomic E-state index is -3.61. The smallest absolute Gasteiger partial charge is 0.240 e. The van der Waals surface area contributed by atoms with E-state index in [2.05, 4.69) is 4.72 Å². The molecule has 1 N–H and O–H groups in total. The maximum Gasteiger partial charge on any atom is 0.240 e. The average molecular weight is 387 g/mol. The predicted molar refractivity (Wildman–Crippen MR) is 101 cm³/mol. The molecule has 0 spiro atoms. The number of rotatable bonds is 7. The molecule has 140 valence electrons. The Labute approximate surface area is 154 Å². The van der Waals surface area contributed by atoms with Crippen LogP contribution in [-0.2, 0) is 19.6 Å². The summed E-state index contributed by atoms with van der Waals surface area (Å²) in [5.41, 5.74) is 0.681. The summed E-state index contributed by atoms with van der Waals surface area (Å²) in [5.74, 6) is 0.842. The third kappa shape index (κ3) is 5.70. The van der Waals surface area contributed by atoms with Crippen molar-refractivity contribution in [2.24, 2.45) is 0 Å². The van der Waals surface area contributed by atoms with E-state index in [1.54, 1.807) is 34.9 Å². The van der Waals surface area contributed by atoms with Gasteiger partial charge in [0, 0.05) is 31.5 Å². The van der Waals surface area contributed by atoms with Crippen LogP contribution in [-0.4, -0.2) is 45.9 Å². The normalized spacial score (nSPS) is 15.1. The van der Waals surface area contributed by atoms with E-state index >= 15 is 0 Å². The highest BCUT2D eigenvalue weighted by molar-refractivity contribution is 7.99. The van der Waals surface area contributed by atoms with E-state index in [4.69, 9.17) is 4.74 Å². The molecule has 1 amide bonds. The van der Waals surface area contributed by atoms with Crippen molar-refractivity contribution in [3.63, 3.8) is 0 Å². The van der Waals surface area contributed by atoms with E-state index in [0.717, 1.165) is 17.1 Å². The molecular weight excluding hydrogens is 360 g/mol. The van der Waals surface area contributed by atoms with Crippen LogP contribution in [0.25, 0.3) is 0 Å². The molecular formula is C17H26N2O4S2. The number of hydrogen-bond donors (Lipinski definition) is 1. The number of thioether (sulfide) groups is 1. The van der Waals surface area contributed by atoms with Gasteiger partial charge in [-0.05, 0) is 50.6 Å². The van der Waals surface area contributed by atoms with Crippen LogP contribution in [0, 0.1) is 0 Å². The van der Waals surface area contributed by atoms with Gasteiger partial charge in [0.25, 0.3) is 0 Å². The van der Waals surface area contributed by atoms with E-state index in [1.165, 1.54) is 6.92 Å². The topological polar surface area (TPSA) is 75.7 Å². The number of ether oxygens (including phenoxy) is 1. The third-order valence-electron chi connectivity index (χ3n) is 3.76. The molecule has 6 nitrogen and oxygen atoms in total. The molecule has 0 saturated heterocycles. The van der Waals surface area contributed by atoms with Gasteiger partial charge in [-0.3, -0.25) is 4.79 Å². The lowest BCUT2D eigenvalue weighted by Crippen LogP contribution is -2.30. The maximum atomic E-state index is 12.5. The van der Waals surface area contributed by atoms with Crippen molar-refractivity contribution in [1.82, 2.24) is 4.72 Å². The molecule has 1 aromatic rings. The average Bonchev–Trinajstić information content (AvgIpc) is 2.75. The van der Waals surface area contributed by atoms with Crippen LogP contribution in [0.1, 0.15) is 33.6 Å². The Hall–Kier alpha value is -1.09. The number of nitrogens with zero attached hydrogens (tertiary/aromatic N) is 1. The van der Waals surface area contributed by atoms with Gasteiger partial charge in [-0.2, -0.15) is 0 Å². The molecule has 1 aromatic carbocycles. The minimum Gasteiger partial charge on any atom is -0.379 e. The zero-order valence-electron chi connectivity index (χ0n) is 14.9. The molecule has 0 atom stereocenters. The molecule has 25 heavy (non-hydrogen) atoms. The van der Waals surface area contributed by atoms with Crippen LogP contribution < -0.4 is 9.62 Å². The summed E-state index contributed by atoms with van der Waals surface area (Å²) in [6, 6.07) is 4.99. The number of hydrogen-bond acceptors (Lipinski definition) is 5. The van der Waals surface area contributed by atoms with E-state index in [0.29, 0.717) is 31.8 Å². The predicted octanol–water partition coefficient (Wildman–Crippen LogP) is 2.63. The number of sulfonamides is 1. The van der Waals surface area contributed by atoms with Crippen LogP contribution in [0.15, 0.2) is 28.0 Å². The van der Waals surface area contributed by atoms with Crippen LogP contribution in [0.5, 0.6) is 0 Å². The Kier molecular flexibility index (Phi) is 7.30.